The van der Waals surface area contributed by atoms with Crippen molar-refractivity contribution in [2.24, 2.45) is 0 Å². The maximum absolute atomic E-state index is 13.3. The van der Waals surface area contributed by atoms with Gasteiger partial charge in [0.1, 0.15) is 0 Å². The van der Waals surface area contributed by atoms with E-state index in [2.05, 4.69) is 17.2 Å². The van der Waals surface area contributed by atoms with Gasteiger partial charge in [-0.3, -0.25) is 14.9 Å². The SMILES string of the molecule is CC(=O)NCC#Cc1cc(F)c([N+](=O)[O-])cc1Cl. The largest absolute Gasteiger partial charge is 0.345 e. The standard InChI is InChI=1S/C11H8ClFN2O3/c1-7(16)14-4-2-3-8-5-10(13)11(15(17)18)6-9(8)12/h5-6H,4H2,1H3,(H,14,16). The Morgan fingerprint density at radius 1 is 1.61 bits per heavy atom. The van der Waals surface area contributed by atoms with Crippen LogP contribution in [0.5, 0.6) is 0 Å². The normalized spacial score (nSPS) is 9.28. The molecule has 1 rings (SSSR count). The summed E-state index contributed by atoms with van der Waals surface area (Å²) in [4.78, 5) is 20.1. The number of nitro groups is 1. The molecule has 0 aliphatic carbocycles. The van der Waals surface area contributed by atoms with E-state index in [1.165, 1.54) is 6.92 Å². The highest BCUT2D eigenvalue weighted by Gasteiger charge is 2.16. The molecule has 0 unspecified atom stereocenters. The number of nitrogens with one attached hydrogen (secondary N) is 1. The van der Waals surface area contributed by atoms with E-state index >= 15 is 0 Å². The Morgan fingerprint density at radius 2 is 2.28 bits per heavy atom. The molecule has 0 aromatic heterocycles. The fraction of sp³-hybridized carbons (Fsp3) is 0.182. The number of nitrogens with zero attached hydrogens (tertiary/aromatic N) is 1. The van der Waals surface area contributed by atoms with Gasteiger partial charge in [0.2, 0.25) is 11.7 Å². The summed E-state index contributed by atoms with van der Waals surface area (Å²) >= 11 is 5.73. The minimum absolute atomic E-state index is 0.0153. The summed E-state index contributed by atoms with van der Waals surface area (Å²) in [6.07, 6.45) is 0. The number of hydrogen-bond donors (Lipinski definition) is 1. The number of rotatable bonds is 2. The topological polar surface area (TPSA) is 72.2 Å². The maximum Gasteiger partial charge on any atom is 0.306 e. The fourth-order valence-electron chi connectivity index (χ4n) is 1.08. The summed E-state index contributed by atoms with van der Waals surface area (Å²) in [5.74, 6) is 3.81. The first-order valence-corrected chi connectivity index (χ1v) is 5.16. The van der Waals surface area contributed by atoms with E-state index in [1.807, 2.05) is 0 Å². The molecule has 1 aromatic rings. The Bertz CT molecular complexity index is 563. The summed E-state index contributed by atoms with van der Waals surface area (Å²) in [5.41, 5.74) is -0.572. The van der Waals surface area contributed by atoms with Crippen LogP contribution < -0.4 is 5.32 Å². The molecule has 7 heteroatoms. The highest BCUT2D eigenvalue weighted by atomic mass is 35.5. The zero-order valence-electron chi connectivity index (χ0n) is 9.29. The Hall–Kier alpha value is -2.13. The van der Waals surface area contributed by atoms with E-state index in [0.717, 1.165) is 12.1 Å². The van der Waals surface area contributed by atoms with E-state index in [9.17, 15) is 19.3 Å². The highest BCUT2D eigenvalue weighted by molar-refractivity contribution is 6.32. The summed E-state index contributed by atoms with van der Waals surface area (Å²) < 4.78 is 13.3. The lowest BCUT2D eigenvalue weighted by molar-refractivity contribution is -0.387. The van der Waals surface area contributed by atoms with Gasteiger partial charge < -0.3 is 5.32 Å². The first-order chi connectivity index (χ1) is 8.41. The number of hydrogen-bond acceptors (Lipinski definition) is 3. The van der Waals surface area contributed by atoms with Gasteiger partial charge in [0.25, 0.3) is 0 Å². The number of amides is 1. The minimum atomic E-state index is -1.01. The van der Waals surface area contributed by atoms with Crippen molar-refractivity contribution in [3.8, 4) is 11.8 Å². The van der Waals surface area contributed by atoms with Gasteiger partial charge in [-0.05, 0) is 6.07 Å². The minimum Gasteiger partial charge on any atom is -0.345 e. The van der Waals surface area contributed by atoms with Gasteiger partial charge in [0.15, 0.2) is 0 Å². The van der Waals surface area contributed by atoms with E-state index in [4.69, 9.17) is 11.6 Å². The van der Waals surface area contributed by atoms with E-state index in [-0.39, 0.29) is 23.0 Å². The summed E-state index contributed by atoms with van der Waals surface area (Å²) in [7, 11) is 0. The molecule has 0 spiro atoms. The molecular formula is C11H8ClFN2O3. The maximum atomic E-state index is 13.3. The van der Waals surface area contributed by atoms with Crippen LogP contribution in [-0.4, -0.2) is 17.4 Å². The number of halogens is 2. The van der Waals surface area contributed by atoms with Gasteiger partial charge in [-0.25, -0.2) is 0 Å². The second kappa shape index (κ2) is 5.98. The van der Waals surface area contributed by atoms with Crippen LogP contribution in [0.2, 0.25) is 5.02 Å². The molecule has 0 saturated heterocycles. The van der Waals surface area contributed by atoms with Gasteiger partial charge in [-0.15, -0.1) is 0 Å². The molecule has 0 fully saturated rings. The van der Waals surface area contributed by atoms with Gasteiger partial charge in [0, 0.05) is 18.6 Å². The van der Waals surface area contributed by atoms with Gasteiger partial charge >= 0.3 is 5.69 Å². The van der Waals surface area contributed by atoms with Crippen LogP contribution in [0.4, 0.5) is 10.1 Å². The average Bonchev–Trinajstić information content (AvgIpc) is 2.27. The second-order valence-corrected chi connectivity index (χ2v) is 3.66. The second-order valence-electron chi connectivity index (χ2n) is 3.25. The number of carbonyl (C=O) groups excluding carboxylic acids is 1. The van der Waals surface area contributed by atoms with Crippen LogP contribution >= 0.6 is 11.6 Å². The molecular weight excluding hydrogens is 263 g/mol. The van der Waals surface area contributed by atoms with Crippen LogP contribution in [0.3, 0.4) is 0 Å². The molecule has 1 aromatic carbocycles. The molecule has 18 heavy (non-hydrogen) atoms. The zero-order valence-corrected chi connectivity index (χ0v) is 10.0. The van der Waals surface area contributed by atoms with Crippen molar-refractivity contribution >= 4 is 23.2 Å². The third-order valence-electron chi connectivity index (χ3n) is 1.88. The Balaban J connectivity index is 2.94. The Morgan fingerprint density at radius 3 is 2.83 bits per heavy atom. The first-order valence-electron chi connectivity index (χ1n) is 4.78. The van der Waals surface area contributed by atoms with Gasteiger partial charge in [0.05, 0.1) is 16.5 Å². The summed E-state index contributed by atoms with van der Waals surface area (Å²) in [5, 5.41) is 12.9. The quantitative estimate of drug-likeness (QED) is 0.507. The third kappa shape index (κ3) is 3.71. The Kier molecular flexibility index (Phi) is 4.63. The molecule has 0 radical (unpaired) electrons. The predicted molar refractivity (Wildman–Crippen MR) is 63.6 cm³/mol. The first kappa shape index (κ1) is 13.9. The third-order valence-corrected chi connectivity index (χ3v) is 2.19. The van der Waals surface area contributed by atoms with Crippen molar-refractivity contribution in [1.82, 2.24) is 5.32 Å². The van der Waals surface area contributed by atoms with Crippen LogP contribution in [0, 0.1) is 27.8 Å². The lowest BCUT2D eigenvalue weighted by atomic mass is 10.2. The highest BCUT2D eigenvalue weighted by Crippen LogP contribution is 2.25. The van der Waals surface area contributed by atoms with Gasteiger partial charge in [-0.1, -0.05) is 23.4 Å². The Labute approximate surface area is 107 Å². The molecule has 5 nitrogen and oxygen atoms in total. The summed E-state index contributed by atoms with van der Waals surface area (Å²) in [6.45, 7) is 1.42. The van der Waals surface area contributed by atoms with Crippen molar-refractivity contribution in [1.29, 1.82) is 0 Å². The van der Waals surface area contributed by atoms with Crippen LogP contribution in [-0.2, 0) is 4.79 Å². The van der Waals surface area contributed by atoms with Crippen molar-refractivity contribution in [3.63, 3.8) is 0 Å². The monoisotopic (exact) mass is 270 g/mol. The average molecular weight is 271 g/mol. The molecule has 94 valence electrons. The van der Waals surface area contributed by atoms with E-state index in [1.54, 1.807) is 0 Å². The van der Waals surface area contributed by atoms with Crippen molar-refractivity contribution in [2.75, 3.05) is 6.54 Å². The molecule has 0 aliphatic heterocycles. The smallest absolute Gasteiger partial charge is 0.306 e. The van der Waals surface area contributed by atoms with Crippen molar-refractivity contribution in [2.45, 2.75) is 6.92 Å². The molecule has 0 aliphatic rings. The van der Waals surface area contributed by atoms with Crippen molar-refractivity contribution in [3.05, 3.63) is 38.7 Å². The van der Waals surface area contributed by atoms with Crippen molar-refractivity contribution < 1.29 is 14.1 Å². The van der Waals surface area contributed by atoms with Crippen LogP contribution in [0.15, 0.2) is 12.1 Å². The lowest BCUT2D eigenvalue weighted by Gasteiger charge is -1.98. The molecule has 0 heterocycles. The van der Waals surface area contributed by atoms with Crippen LogP contribution in [0.1, 0.15) is 12.5 Å². The molecule has 1 N–H and O–H groups in total. The molecule has 1 amide bonds. The number of carbonyl (C=O) groups is 1. The van der Waals surface area contributed by atoms with E-state index < -0.39 is 16.4 Å². The fourth-order valence-corrected chi connectivity index (χ4v) is 1.29. The zero-order chi connectivity index (χ0) is 13.7. The lowest BCUT2D eigenvalue weighted by Crippen LogP contribution is -2.19. The molecule has 0 atom stereocenters. The molecule has 0 saturated carbocycles. The molecule has 0 bridgehead atoms. The van der Waals surface area contributed by atoms with Crippen LogP contribution in [0.25, 0.3) is 0 Å². The number of nitro benzene ring substituents is 1. The summed E-state index contributed by atoms with van der Waals surface area (Å²) in [6, 6.07) is 1.79. The van der Waals surface area contributed by atoms with Gasteiger partial charge in [-0.2, -0.15) is 4.39 Å². The van der Waals surface area contributed by atoms with E-state index in [0.29, 0.717) is 0 Å². The predicted octanol–water partition coefficient (Wildman–Crippen LogP) is 1.87. The number of benzene rings is 1.